The Morgan fingerprint density at radius 2 is 2.00 bits per heavy atom. The lowest BCUT2D eigenvalue weighted by atomic mass is 9.73. The Morgan fingerprint density at radius 1 is 1.31 bits per heavy atom. The molecule has 1 fully saturated rings. The molecule has 1 aliphatic rings. The van der Waals surface area contributed by atoms with Crippen LogP contribution in [0.5, 0.6) is 5.75 Å². The normalized spacial score (nSPS) is 19.4. The molecule has 88 valence electrons. The van der Waals surface area contributed by atoms with Crippen LogP contribution < -0.4 is 10.1 Å². The summed E-state index contributed by atoms with van der Waals surface area (Å²) in [5.41, 5.74) is 1.01. The van der Waals surface area contributed by atoms with Crippen molar-refractivity contribution in [3.63, 3.8) is 0 Å². The molecule has 0 aromatic heterocycles. The molecule has 0 aliphatic carbocycles. The van der Waals surface area contributed by atoms with Gasteiger partial charge in [0.25, 0.3) is 0 Å². The molecule has 0 radical (unpaired) electrons. The van der Waals surface area contributed by atoms with E-state index in [1.165, 1.54) is 0 Å². The van der Waals surface area contributed by atoms with Crippen LogP contribution in [0.1, 0.15) is 18.4 Å². The zero-order valence-corrected chi connectivity index (χ0v) is 9.70. The number of hydrogen-bond donors (Lipinski definition) is 2. The summed E-state index contributed by atoms with van der Waals surface area (Å²) in [5, 5.41) is 13.1. The van der Waals surface area contributed by atoms with Gasteiger partial charge >= 0.3 is 0 Å². The van der Waals surface area contributed by atoms with E-state index in [0.717, 1.165) is 37.2 Å². The Bertz CT molecular complexity index is 346. The molecule has 3 nitrogen and oxygen atoms in total. The number of rotatable bonds is 3. The van der Waals surface area contributed by atoms with E-state index in [4.69, 9.17) is 4.74 Å². The lowest BCUT2D eigenvalue weighted by Gasteiger charge is -2.37. The molecule has 2 rings (SSSR count). The molecule has 1 heterocycles. The van der Waals surface area contributed by atoms with Gasteiger partial charge in [0.15, 0.2) is 0 Å². The van der Waals surface area contributed by atoms with Gasteiger partial charge in [-0.3, -0.25) is 0 Å². The van der Waals surface area contributed by atoms with Crippen molar-refractivity contribution >= 4 is 0 Å². The molecule has 1 aliphatic heterocycles. The van der Waals surface area contributed by atoms with Crippen LogP contribution >= 0.6 is 0 Å². The Kier molecular flexibility index (Phi) is 3.46. The third-order valence-corrected chi connectivity index (χ3v) is 3.54. The largest absolute Gasteiger partial charge is 0.496 e. The molecule has 0 unspecified atom stereocenters. The Morgan fingerprint density at radius 3 is 2.62 bits per heavy atom. The van der Waals surface area contributed by atoms with Gasteiger partial charge in [-0.05, 0) is 32.0 Å². The van der Waals surface area contributed by atoms with Crippen molar-refractivity contribution in [1.82, 2.24) is 5.32 Å². The molecular formula is C13H19NO2. The summed E-state index contributed by atoms with van der Waals surface area (Å²) in [6, 6.07) is 8.01. The minimum Gasteiger partial charge on any atom is -0.496 e. The van der Waals surface area contributed by atoms with Gasteiger partial charge in [0.2, 0.25) is 0 Å². The smallest absolute Gasteiger partial charge is 0.122 e. The van der Waals surface area contributed by atoms with Gasteiger partial charge in [0.1, 0.15) is 5.75 Å². The van der Waals surface area contributed by atoms with Crippen LogP contribution in [0, 0.1) is 0 Å². The first kappa shape index (κ1) is 11.4. The zero-order chi connectivity index (χ0) is 11.4. The van der Waals surface area contributed by atoms with Gasteiger partial charge in [0, 0.05) is 11.0 Å². The third-order valence-electron chi connectivity index (χ3n) is 3.54. The summed E-state index contributed by atoms with van der Waals surface area (Å²) < 4.78 is 5.39. The fraction of sp³-hybridized carbons (Fsp3) is 0.538. The highest BCUT2D eigenvalue weighted by Gasteiger charge is 2.35. The number of aliphatic hydroxyl groups excluding tert-OH is 1. The SMILES string of the molecule is COc1ccccc1C1(CO)CCNCC1. The minimum atomic E-state index is -0.127. The maximum atomic E-state index is 9.73. The summed E-state index contributed by atoms with van der Waals surface area (Å²) >= 11 is 0. The molecule has 3 heteroatoms. The summed E-state index contributed by atoms with van der Waals surface area (Å²) in [4.78, 5) is 0. The van der Waals surface area contributed by atoms with Crippen LogP contribution in [0.25, 0.3) is 0 Å². The first-order valence-electron chi connectivity index (χ1n) is 5.77. The number of piperidine rings is 1. The molecule has 1 aromatic carbocycles. The molecule has 16 heavy (non-hydrogen) atoms. The number of hydrogen-bond acceptors (Lipinski definition) is 3. The van der Waals surface area contributed by atoms with Crippen molar-refractivity contribution < 1.29 is 9.84 Å². The standard InChI is InChI=1S/C13H19NO2/c1-16-12-5-3-2-4-11(12)13(10-15)6-8-14-9-7-13/h2-5,14-15H,6-10H2,1H3. The second kappa shape index (κ2) is 4.85. The van der Waals surface area contributed by atoms with Crippen LogP contribution in [0.4, 0.5) is 0 Å². The monoisotopic (exact) mass is 221 g/mol. The number of aliphatic hydroxyl groups is 1. The zero-order valence-electron chi connectivity index (χ0n) is 9.70. The summed E-state index contributed by atoms with van der Waals surface area (Å²) in [6.45, 7) is 2.10. The van der Waals surface area contributed by atoms with Gasteiger partial charge in [0.05, 0.1) is 13.7 Å². The third kappa shape index (κ3) is 1.93. The fourth-order valence-electron chi connectivity index (χ4n) is 2.50. The molecule has 0 spiro atoms. The predicted octanol–water partition coefficient (Wildman–Crippen LogP) is 1.31. The van der Waals surface area contributed by atoms with E-state index in [1.807, 2.05) is 18.2 Å². The van der Waals surface area contributed by atoms with Gasteiger partial charge in [-0.1, -0.05) is 18.2 Å². The van der Waals surface area contributed by atoms with E-state index in [9.17, 15) is 5.11 Å². The average molecular weight is 221 g/mol. The van der Waals surface area contributed by atoms with Crippen LogP contribution in [-0.2, 0) is 5.41 Å². The van der Waals surface area contributed by atoms with Gasteiger partial charge in [-0.15, -0.1) is 0 Å². The second-order valence-corrected chi connectivity index (χ2v) is 4.39. The summed E-state index contributed by atoms with van der Waals surface area (Å²) in [6.07, 6.45) is 1.92. The van der Waals surface area contributed by atoms with Crippen molar-refractivity contribution in [3.05, 3.63) is 29.8 Å². The van der Waals surface area contributed by atoms with Crippen molar-refractivity contribution in [3.8, 4) is 5.75 Å². The highest BCUT2D eigenvalue weighted by atomic mass is 16.5. The predicted molar refractivity (Wildman–Crippen MR) is 63.9 cm³/mol. The van der Waals surface area contributed by atoms with E-state index < -0.39 is 0 Å². The first-order valence-corrected chi connectivity index (χ1v) is 5.77. The number of nitrogens with one attached hydrogen (secondary N) is 1. The Labute approximate surface area is 96.4 Å². The lowest BCUT2D eigenvalue weighted by molar-refractivity contribution is 0.155. The average Bonchev–Trinajstić information content (AvgIpc) is 2.39. The molecule has 0 saturated carbocycles. The number of benzene rings is 1. The Hall–Kier alpha value is -1.06. The summed E-state index contributed by atoms with van der Waals surface area (Å²) in [5.74, 6) is 0.887. The quantitative estimate of drug-likeness (QED) is 0.808. The molecule has 0 amide bonds. The maximum Gasteiger partial charge on any atom is 0.122 e. The van der Waals surface area contributed by atoms with Crippen molar-refractivity contribution in [2.24, 2.45) is 0 Å². The Balaban J connectivity index is 2.38. The maximum absolute atomic E-state index is 9.73. The fourth-order valence-corrected chi connectivity index (χ4v) is 2.50. The van der Waals surface area contributed by atoms with Crippen LogP contribution in [0.15, 0.2) is 24.3 Å². The van der Waals surface area contributed by atoms with Gasteiger partial charge in [-0.2, -0.15) is 0 Å². The summed E-state index contributed by atoms with van der Waals surface area (Å²) in [7, 11) is 1.69. The number of para-hydroxylation sites is 1. The lowest BCUT2D eigenvalue weighted by Crippen LogP contribution is -2.42. The van der Waals surface area contributed by atoms with Gasteiger partial charge < -0.3 is 15.2 Å². The molecule has 0 atom stereocenters. The van der Waals surface area contributed by atoms with Crippen LogP contribution in [0.2, 0.25) is 0 Å². The topological polar surface area (TPSA) is 41.5 Å². The van der Waals surface area contributed by atoms with E-state index in [1.54, 1.807) is 7.11 Å². The highest BCUT2D eigenvalue weighted by molar-refractivity contribution is 5.40. The molecule has 1 saturated heterocycles. The molecule has 2 N–H and O–H groups in total. The van der Waals surface area contributed by atoms with E-state index >= 15 is 0 Å². The highest BCUT2D eigenvalue weighted by Crippen LogP contribution is 2.38. The van der Waals surface area contributed by atoms with E-state index in [0.29, 0.717) is 0 Å². The first-order chi connectivity index (χ1) is 7.82. The van der Waals surface area contributed by atoms with Crippen molar-refractivity contribution in [2.75, 3.05) is 26.8 Å². The van der Waals surface area contributed by atoms with Crippen molar-refractivity contribution in [1.29, 1.82) is 0 Å². The van der Waals surface area contributed by atoms with E-state index in [-0.39, 0.29) is 12.0 Å². The van der Waals surface area contributed by atoms with E-state index in [2.05, 4.69) is 11.4 Å². The minimum absolute atomic E-state index is 0.127. The number of ether oxygens (including phenoxy) is 1. The second-order valence-electron chi connectivity index (χ2n) is 4.39. The molecule has 0 bridgehead atoms. The molecule has 1 aromatic rings. The van der Waals surface area contributed by atoms with Crippen molar-refractivity contribution in [2.45, 2.75) is 18.3 Å². The molecular weight excluding hydrogens is 202 g/mol. The van der Waals surface area contributed by atoms with Crippen LogP contribution in [0.3, 0.4) is 0 Å². The van der Waals surface area contributed by atoms with Gasteiger partial charge in [-0.25, -0.2) is 0 Å². The number of methoxy groups -OCH3 is 1. The van der Waals surface area contributed by atoms with Crippen LogP contribution in [-0.4, -0.2) is 31.9 Å².